The first-order valence-corrected chi connectivity index (χ1v) is 7.67. The van der Waals surface area contributed by atoms with E-state index < -0.39 is 0 Å². The highest BCUT2D eigenvalue weighted by atomic mass is 35.5. The predicted molar refractivity (Wildman–Crippen MR) is 89.5 cm³/mol. The van der Waals surface area contributed by atoms with Gasteiger partial charge in [0.05, 0.1) is 5.92 Å². The largest absolute Gasteiger partial charge is 0.326 e. The van der Waals surface area contributed by atoms with Gasteiger partial charge in [0.2, 0.25) is 11.8 Å². The standard InChI is InChI=1S/C16H21N3O2.ClH/c20-15-5-1-3-11-9-13(6-7-14(11)19-15)18-16(21)12-4-2-8-17-10-12;/h6-7,9,12,17H,1-5,8,10H2,(H,18,21)(H,19,20);1H. The summed E-state index contributed by atoms with van der Waals surface area (Å²) in [4.78, 5) is 23.8. The van der Waals surface area contributed by atoms with Gasteiger partial charge in [-0.25, -0.2) is 0 Å². The topological polar surface area (TPSA) is 70.2 Å². The quantitative estimate of drug-likeness (QED) is 0.782. The molecule has 6 heteroatoms. The Labute approximate surface area is 136 Å². The van der Waals surface area contributed by atoms with Crippen molar-refractivity contribution in [2.75, 3.05) is 23.7 Å². The number of rotatable bonds is 2. The Hall–Kier alpha value is -1.59. The molecule has 2 heterocycles. The summed E-state index contributed by atoms with van der Waals surface area (Å²) in [6.45, 7) is 1.76. The Morgan fingerprint density at radius 2 is 2.09 bits per heavy atom. The van der Waals surface area contributed by atoms with Gasteiger partial charge in [0.25, 0.3) is 0 Å². The third-order valence-corrected chi connectivity index (χ3v) is 4.16. The number of carbonyl (C=O) groups is 2. The molecule has 0 radical (unpaired) electrons. The van der Waals surface area contributed by atoms with E-state index in [1.807, 2.05) is 18.2 Å². The van der Waals surface area contributed by atoms with Crippen molar-refractivity contribution in [3.05, 3.63) is 23.8 Å². The van der Waals surface area contributed by atoms with Gasteiger partial charge in [-0.15, -0.1) is 12.4 Å². The van der Waals surface area contributed by atoms with Gasteiger partial charge < -0.3 is 16.0 Å². The molecule has 2 aliphatic rings. The number of hydrogen-bond acceptors (Lipinski definition) is 3. The molecular formula is C16H22ClN3O2. The number of halogens is 1. The molecule has 22 heavy (non-hydrogen) atoms. The zero-order valence-corrected chi connectivity index (χ0v) is 13.3. The van der Waals surface area contributed by atoms with Crippen LogP contribution >= 0.6 is 12.4 Å². The number of anilines is 2. The molecule has 0 aromatic heterocycles. The molecule has 3 rings (SSSR count). The van der Waals surface area contributed by atoms with Crippen LogP contribution in [-0.2, 0) is 16.0 Å². The Morgan fingerprint density at radius 3 is 2.86 bits per heavy atom. The van der Waals surface area contributed by atoms with Gasteiger partial charge in [-0.3, -0.25) is 9.59 Å². The first-order valence-electron chi connectivity index (χ1n) is 7.67. The lowest BCUT2D eigenvalue weighted by Gasteiger charge is -2.22. The molecule has 1 aromatic rings. The third-order valence-electron chi connectivity index (χ3n) is 4.16. The van der Waals surface area contributed by atoms with E-state index >= 15 is 0 Å². The summed E-state index contributed by atoms with van der Waals surface area (Å²) in [5, 5.41) is 9.16. The van der Waals surface area contributed by atoms with E-state index in [4.69, 9.17) is 0 Å². The normalized spacial score (nSPS) is 20.9. The van der Waals surface area contributed by atoms with Crippen molar-refractivity contribution < 1.29 is 9.59 Å². The first-order chi connectivity index (χ1) is 10.2. The molecule has 0 bridgehead atoms. The molecule has 1 fully saturated rings. The van der Waals surface area contributed by atoms with E-state index in [0.717, 1.165) is 55.7 Å². The highest BCUT2D eigenvalue weighted by Gasteiger charge is 2.21. The second kappa shape index (κ2) is 7.61. The van der Waals surface area contributed by atoms with Crippen molar-refractivity contribution in [2.24, 2.45) is 5.92 Å². The van der Waals surface area contributed by atoms with Crippen molar-refractivity contribution in [3.8, 4) is 0 Å². The summed E-state index contributed by atoms with van der Waals surface area (Å²) in [6.07, 6.45) is 4.27. The predicted octanol–water partition coefficient (Wildman–Crippen LogP) is 2.32. The highest BCUT2D eigenvalue weighted by Crippen LogP contribution is 2.26. The van der Waals surface area contributed by atoms with Crippen molar-refractivity contribution in [2.45, 2.75) is 32.1 Å². The number of nitrogens with one attached hydrogen (secondary N) is 3. The third kappa shape index (κ3) is 3.99. The maximum atomic E-state index is 12.2. The molecule has 5 nitrogen and oxygen atoms in total. The fourth-order valence-electron chi connectivity index (χ4n) is 2.97. The van der Waals surface area contributed by atoms with Crippen LogP contribution in [0.15, 0.2) is 18.2 Å². The van der Waals surface area contributed by atoms with Crippen LogP contribution in [0.4, 0.5) is 11.4 Å². The van der Waals surface area contributed by atoms with Gasteiger partial charge in [0.1, 0.15) is 0 Å². The average Bonchev–Trinajstić information content (AvgIpc) is 2.68. The number of carbonyl (C=O) groups excluding carboxylic acids is 2. The maximum absolute atomic E-state index is 12.2. The van der Waals surface area contributed by atoms with Crippen molar-refractivity contribution in [3.63, 3.8) is 0 Å². The Kier molecular flexibility index (Phi) is 5.80. The molecule has 2 amide bonds. The van der Waals surface area contributed by atoms with Crippen molar-refractivity contribution >= 4 is 35.6 Å². The summed E-state index contributed by atoms with van der Waals surface area (Å²) in [6, 6.07) is 5.72. The lowest BCUT2D eigenvalue weighted by Crippen LogP contribution is -2.37. The lowest BCUT2D eigenvalue weighted by molar-refractivity contribution is -0.120. The second-order valence-corrected chi connectivity index (χ2v) is 5.81. The van der Waals surface area contributed by atoms with Gasteiger partial charge in [-0.05, 0) is 56.0 Å². The van der Waals surface area contributed by atoms with E-state index in [-0.39, 0.29) is 30.1 Å². The summed E-state index contributed by atoms with van der Waals surface area (Å²) < 4.78 is 0. The first kappa shape index (κ1) is 16.8. The molecule has 1 saturated heterocycles. The molecule has 120 valence electrons. The molecular weight excluding hydrogens is 302 g/mol. The number of amides is 2. The van der Waals surface area contributed by atoms with Crippen LogP contribution in [0.3, 0.4) is 0 Å². The number of aryl methyl sites for hydroxylation is 1. The summed E-state index contributed by atoms with van der Waals surface area (Å²) >= 11 is 0. The molecule has 0 aliphatic carbocycles. The zero-order valence-electron chi connectivity index (χ0n) is 12.5. The maximum Gasteiger partial charge on any atom is 0.228 e. The van der Waals surface area contributed by atoms with Crippen LogP contribution in [0.1, 0.15) is 31.2 Å². The van der Waals surface area contributed by atoms with Crippen LogP contribution in [0.25, 0.3) is 0 Å². The van der Waals surface area contributed by atoms with Gasteiger partial charge in [0, 0.05) is 24.3 Å². The Morgan fingerprint density at radius 1 is 1.23 bits per heavy atom. The molecule has 0 spiro atoms. The fraction of sp³-hybridized carbons (Fsp3) is 0.500. The van der Waals surface area contributed by atoms with Crippen LogP contribution in [0, 0.1) is 5.92 Å². The summed E-state index contributed by atoms with van der Waals surface area (Å²) in [7, 11) is 0. The Balaban J connectivity index is 0.00000176. The van der Waals surface area contributed by atoms with Gasteiger partial charge in [-0.2, -0.15) is 0 Å². The van der Waals surface area contributed by atoms with Crippen molar-refractivity contribution in [1.29, 1.82) is 0 Å². The molecule has 1 unspecified atom stereocenters. The van der Waals surface area contributed by atoms with Crippen LogP contribution < -0.4 is 16.0 Å². The minimum absolute atomic E-state index is 0. The number of hydrogen-bond donors (Lipinski definition) is 3. The monoisotopic (exact) mass is 323 g/mol. The van der Waals surface area contributed by atoms with Gasteiger partial charge in [0.15, 0.2) is 0 Å². The van der Waals surface area contributed by atoms with Gasteiger partial charge in [-0.1, -0.05) is 0 Å². The molecule has 0 saturated carbocycles. The number of piperidine rings is 1. The molecule has 3 N–H and O–H groups in total. The number of benzene rings is 1. The van der Waals surface area contributed by atoms with E-state index in [1.54, 1.807) is 0 Å². The van der Waals surface area contributed by atoms with Gasteiger partial charge >= 0.3 is 0 Å². The molecule has 1 aromatic carbocycles. The smallest absolute Gasteiger partial charge is 0.228 e. The van der Waals surface area contributed by atoms with E-state index in [1.165, 1.54) is 0 Å². The SMILES string of the molecule is Cl.O=C1CCCc2cc(NC(=O)C3CCCNC3)ccc2N1. The van der Waals surface area contributed by atoms with Crippen LogP contribution in [0.5, 0.6) is 0 Å². The van der Waals surface area contributed by atoms with Crippen molar-refractivity contribution in [1.82, 2.24) is 5.32 Å². The van der Waals surface area contributed by atoms with E-state index in [9.17, 15) is 9.59 Å². The zero-order chi connectivity index (χ0) is 14.7. The minimum atomic E-state index is 0. The fourth-order valence-corrected chi connectivity index (χ4v) is 2.97. The van der Waals surface area contributed by atoms with Crippen LogP contribution in [0.2, 0.25) is 0 Å². The highest BCUT2D eigenvalue weighted by molar-refractivity contribution is 5.95. The number of fused-ring (bicyclic) bond motifs is 1. The van der Waals surface area contributed by atoms with Crippen LogP contribution in [-0.4, -0.2) is 24.9 Å². The molecule has 2 aliphatic heterocycles. The second-order valence-electron chi connectivity index (χ2n) is 5.81. The van der Waals surface area contributed by atoms with E-state index in [2.05, 4.69) is 16.0 Å². The van der Waals surface area contributed by atoms with E-state index in [0.29, 0.717) is 6.42 Å². The average molecular weight is 324 g/mol. The minimum Gasteiger partial charge on any atom is -0.326 e. The summed E-state index contributed by atoms with van der Waals surface area (Å²) in [5.74, 6) is 0.205. The lowest BCUT2D eigenvalue weighted by atomic mass is 9.98. The molecule has 1 atom stereocenters. The Bertz CT molecular complexity index is 556. The summed E-state index contributed by atoms with van der Waals surface area (Å²) in [5.41, 5.74) is 2.79.